The van der Waals surface area contributed by atoms with Gasteiger partial charge in [-0.05, 0) is 18.1 Å². The molecule has 0 aliphatic rings. The molecule has 2 atom stereocenters. The molecule has 1 amide bonds. The number of hydrogen-bond donors (Lipinski definition) is 1. The van der Waals surface area contributed by atoms with Gasteiger partial charge in [-0.25, -0.2) is 8.42 Å². The third-order valence-corrected chi connectivity index (χ3v) is 6.67. The summed E-state index contributed by atoms with van der Waals surface area (Å²) >= 11 is 0. The van der Waals surface area contributed by atoms with Crippen LogP contribution in [0, 0.1) is 0 Å². The quantitative estimate of drug-likeness (QED) is 0.669. The van der Waals surface area contributed by atoms with Crippen molar-refractivity contribution >= 4 is 36.4 Å². The number of nitrogens with zero attached hydrogens (tertiary/aromatic N) is 1. The Balaban J connectivity index is 2.20. The van der Waals surface area contributed by atoms with Crippen molar-refractivity contribution < 1.29 is 17.4 Å². The molecule has 0 saturated heterocycles. The van der Waals surface area contributed by atoms with E-state index in [-0.39, 0.29) is 15.8 Å². The van der Waals surface area contributed by atoms with Crippen LogP contribution in [0.15, 0.2) is 47.5 Å². The lowest BCUT2D eigenvalue weighted by atomic mass is 10.2. The van der Waals surface area contributed by atoms with E-state index in [0.29, 0.717) is 19.5 Å². The highest BCUT2D eigenvalue weighted by Gasteiger charge is 2.20. The van der Waals surface area contributed by atoms with Crippen molar-refractivity contribution in [3.05, 3.63) is 53.9 Å². The Morgan fingerprint density at radius 3 is 2.54 bits per heavy atom. The van der Waals surface area contributed by atoms with Gasteiger partial charge in [-0.2, -0.15) is 0 Å². The first-order valence-electron chi connectivity index (χ1n) is 7.97. The van der Waals surface area contributed by atoms with Gasteiger partial charge in [0.15, 0.2) is 0 Å². The predicted molar refractivity (Wildman–Crippen MR) is 103 cm³/mol. The number of carbonyl (C=O) groups excluding carboxylic acids is 1. The van der Waals surface area contributed by atoms with E-state index in [0.717, 1.165) is 5.56 Å². The minimum absolute atomic E-state index is 0.0369. The second kappa shape index (κ2) is 8.83. The van der Waals surface area contributed by atoms with E-state index in [2.05, 4.69) is 5.32 Å². The molecule has 1 aromatic carbocycles. The average molecular weight is 417 g/mol. The van der Waals surface area contributed by atoms with Crippen molar-refractivity contribution in [1.82, 2.24) is 9.88 Å². The number of nitrogens with one attached hydrogen (secondary N) is 1. The van der Waals surface area contributed by atoms with Crippen LogP contribution in [-0.4, -0.2) is 41.2 Å². The van der Waals surface area contributed by atoms with E-state index in [9.17, 15) is 17.4 Å². The van der Waals surface area contributed by atoms with E-state index in [1.54, 1.807) is 10.8 Å². The molecule has 2 aromatic rings. The second-order valence-electron chi connectivity index (χ2n) is 5.97. The third-order valence-electron chi connectivity index (χ3n) is 3.98. The van der Waals surface area contributed by atoms with Crippen LogP contribution in [0.3, 0.4) is 0 Å². The van der Waals surface area contributed by atoms with E-state index in [4.69, 9.17) is 10.7 Å². The first kappa shape index (κ1) is 20.7. The average Bonchev–Trinajstić information content (AvgIpc) is 2.99. The molecule has 0 aliphatic heterocycles. The van der Waals surface area contributed by atoms with Gasteiger partial charge in [0.25, 0.3) is 15.0 Å². The van der Waals surface area contributed by atoms with Crippen molar-refractivity contribution in [2.24, 2.45) is 0 Å². The molecule has 1 aromatic heterocycles. The molecule has 6 nitrogen and oxygen atoms in total. The van der Waals surface area contributed by atoms with Gasteiger partial charge in [0.2, 0.25) is 0 Å². The Hall–Kier alpha value is -1.64. The van der Waals surface area contributed by atoms with Crippen LogP contribution in [0.2, 0.25) is 0 Å². The maximum atomic E-state index is 12.5. The lowest BCUT2D eigenvalue weighted by molar-refractivity contribution is 0.0944. The summed E-state index contributed by atoms with van der Waals surface area (Å²) < 4.78 is 36.2. The Bertz CT molecular complexity index is 895. The van der Waals surface area contributed by atoms with Gasteiger partial charge >= 0.3 is 0 Å². The Kier molecular flexibility index (Phi) is 7.02. The maximum Gasteiger partial charge on any atom is 0.267 e. The number of halogens is 1. The Labute approximate surface area is 160 Å². The number of benzene rings is 1. The van der Waals surface area contributed by atoms with Gasteiger partial charge in [-0.3, -0.25) is 9.00 Å². The summed E-state index contributed by atoms with van der Waals surface area (Å²) in [6.45, 7) is 2.53. The van der Waals surface area contributed by atoms with Crippen molar-refractivity contribution in [2.75, 3.05) is 12.8 Å². The molecule has 0 spiro atoms. The summed E-state index contributed by atoms with van der Waals surface area (Å²) in [5.41, 5.74) is 1.13. The van der Waals surface area contributed by atoms with Gasteiger partial charge in [0.1, 0.15) is 10.6 Å². The molecule has 0 aliphatic carbocycles. The summed E-state index contributed by atoms with van der Waals surface area (Å²) in [7, 11) is 0.520. The lowest BCUT2D eigenvalue weighted by Crippen LogP contribution is -2.29. The monoisotopic (exact) mass is 416 g/mol. The van der Waals surface area contributed by atoms with Gasteiger partial charge in [0.05, 0.1) is 0 Å². The van der Waals surface area contributed by atoms with E-state index in [1.165, 1.54) is 12.3 Å². The molecule has 0 fully saturated rings. The molecule has 26 heavy (non-hydrogen) atoms. The first-order valence-corrected chi connectivity index (χ1v) is 11.9. The summed E-state index contributed by atoms with van der Waals surface area (Å²) in [6.07, 6.45) is 3.54. The van der Waals surface area contributed by atoms with Gasteiger partial charge in [-0.15, -0.1) is 0 Å². The summed E-state index contributed by atoms with van der Waals surface area (Å²) in [5, 5.41) is 2.71. The first-order chi connectivity index (χ1) is 12.2. The van der Waals surface area contributed by atoms with E-state index >= 15 is 0 Å². The van der Waals surface area contributed by atoms with E-state index < -0.39 is 25.8 Å². The Morgan fingerprint density at radius 1 is 1.31 bits per heavy atom. The smallest absolute Gasteiger partial charge is 0.267 e. The van der Waals surface area contributed by atoms with Crippen molar-refractivity contribution in [2.45, 2.75) is 30.0 Å². The minimum atomic E-state index is -3.94. The highest BCUT2D eigenvalue weighted by Crippen LogP contribution is 2.20. The fraction of sp³-hybridized carbons (Fsp3) is 0.353. The summed E-state index contributed by atoms with van der Waals surface area (Å²) in [5.74, 6) is -0.401. The number of hydrogen-bond acceptors (Lipinski definition) is 4. The zero-order chi connectivity index (χ0) is 19.3. The molecule has 2 unspecified atom stereocenters. The SMILES string of the molecule is CC(CCNC(=O)c1cc(S(=O)(=O)Cl)cn1Cc1ccccc1)S(C)=O. The number of carbonyl (C=O) groups is 1. The summed E-state index contributed by atoms with van der Waals surface area (Å²) in [4.78, 5) is 12.4. The Morgan fingerprint density at radius 2 is 1.96 bits per heavy atom. The van der Waals surface area contributed by atoms with Gasteiger partial charge in [-0.1, -0.05) is 37.3 Å². The normalized spacial score (nSPS) is 14.0. The third kappa shape index (κ3) is 5.69. The van der Waals surface area contributed by atoms with Crippen LogP contribution in [0.5, 0.6) is 0 Å². The van der Waals surface area contributed by atoms with Gasteiger partial charge in [0, 0.05) is 52.3 Å². The molecule has 9 heteroatoms. The molecule has 1 heterocycles. The molecule has 0 saturated carbocycles. The molecular formula is C17H21ClN2O4S2. The molecule has 1 N–H and O–H groups in total. The standard InChI is InChI=1S/C17H21ClN2O4S2/c1-13(25(2)22)8-9-19-17(21)16-10-15(26(18,23)24)12-20(16)11-14-6-4-3-5-7-14/h3-7,10,12-13H,8-9,11H2,1-2H3,(H,19,21). The fourth-order valence-corrected chi connectivity index (χ4v) is 3.57. The molecule has 2 rings (SSSR count). The zero-order valence-electron chi connectivity index (χ0n) is 14.5. The fourth-order valence-electron chi connectivity index (χ4n) is 2.36. The predicted octanol–water partition coefficient (Wildman–Crippen LogP) is 2.35. The topological polar surface area (TPSA) is 85.2 Å². The van der Waals surface area contributed by atoms with Crippen LogP contribution in [0.1, 0.15) is 29.4 Å². The van der Waals surface area contributed by atoms with Crippen LogP contribution in [0.4, 0.5) is 0 Å². The molecule has 0 radical (unpaired) electrons. The minimum Gasteiger partial charge on any atom is -0.351 e. The lowest BCUT2D eigenvalue weighted by Gasteiger charge is -2.11. The van der Waals surface area contributed by atoms with Crippen LogP contribution < -0.4 is 5.32 Å². The van der Waals surface area contributed by atoms with Crippen LogP contribution in [-0.2, 0) is 26.4 Å². The molecule has 0 bridgehead atoms. The number of rotatable bonds is 8. The highest BCUT2D eigenvalue weighted by atomic mass is 35.7. The molecular weight excluding hydrogens is 396 g/mol. The second-order valence-corrected chi connectivity index (χ2v) is 10.3. The van der Waals surface area contributed by atoms with E-state index in [1.807, 2.05) is 37.3 Å². The molecule has 142 valence electrons. The van der Waals surface area contributed by atoms with Crippen molar-refractivity contribution in [1.29, 1.82) is 0 Å². The largest absolute Gasteiger partial charge is 0.351 e. The van der Waals surface area contributed by atoms with Crippen LogP contribution in [0.25, 0.3) is 0 Å². The summed E-state index contributed by atoms with van der Waals surface area (Å²) in [6, 6.07) is 10.6. The van der Waals surface area contributed by atoms with Crippen LogP contribution >= 0.6 is 10.7 Å². The number of amides is 1. The van der Waals surface area contributed by atoms with Crippen molar-refractivity contribution in [3.8, 4) is 0 Å². The maximum absolute atomic E-state index is 12.5. The highest BCUT2D eigenvalue weighted by molar-refractivity contribution is 8.13. The number of aromatic nitrogens is 1. The zero-order valence-corrected chi connectivity index (χ0v) is 16.9. The van der Waals surface area contributed by atoms with Crippen molar-refractivity contribution in [3.63, 3.8) is 0 Å². The van der Waals surface area contributed by atoms with Gasteiger partial charge < -0.3 is 9.88 Å².